The van der Waals surface area contributed by atoms with Gasteiger partial charge in [-0.1, -0.05) is 107 Å². The Morgan fingerprint density at radius 2 is 1.32 bits per heavy atom. The predicted octanol–water partition coefficient (Wildman–Crippen LogP) is 11.2. The van der Waals surface area contributed by atoms with E-state index in [1.54, 1.807) is 37.3 Å². The molecule has 44 heavy (non-hydrogen) atoms. The van der Waals surface area contributed by atoms with Crippen molar-refractivity contribution in [3.05, 3.63) is 95.6 Å². The van der Waals surface area contributed by atoms with Gasteiger partial charge in [0.25, 0.3) is 0 Å². The van der Waals surface area contributed by atoms with Gasteiger partial charge < -0.3 is 13.8 Å². The van der Waals surface area contributed by atoms with Crippen LogP contribution < -0.4 is 14.6 Å². The molecule has 3 rings (SSSR count). The summed E-state index contributed by atoms with van der Waals surface area (Å²) in [4.78, 5) is 0. The quantitative estimate of drug-likeness (QED) is 0.109. The van der Waals surface area contributed by atoms with Crippen LogP contribution in [0.25, 0.3) is 0 Å². The highest BCUT2D eigenvalue weighted by atomic mass is 32.4. The Morgan fingerprint density at radius 3 is 1.80 bits per heavy atom. The highest BCUT2D eigenvalue weighted by molar-refractivity contribution is 8.02. The second-order valence-electron chi connectivity index (χ2n) is 7.58. The maximum absolute atomic E-state index is 13.3. The second-order valence-corrected chi connectivity index (χ2v) is 12.1. The fourth-order valence-electron chi connectivity index (χ4n) is 3.25. The monoisotopic (exact) mass is 674 g/mol. The first-order chi connectivity index (χ1) is 17.4. The summed E-state index contributed by atoms with van der Waals surface area (Å²) in [6.45, 7) is 0.495. The molecule has 3 aromatic rings. The molecule has 0 saturated carbocycles. The minimum absolute atomic E-state index is 0. The molecule has 2 unspecified atom stereocenters. The topological polar surface area (TPSA) is 81.6 Å². The zero-order valence-electron chi connectivity index (χ0n) is 20.6. The second kappa shape index (κ2) is 26.7. The lowest BCUT2D eigenvalue weighted by Crippen LogP contribution is -2.22. The van der Waals surface area contributed by atoms with Crippen LogP contribution in [0.15, 0.2) is 84.0 Å². The Balaban J connectivity index is -0.000000451. The fraction of sp³-hybridized carbons (Fsp3) is 0.424. The number of benzene rings is 3. The molecule has 0 fully saturated rings. The van der Waals surface area contributed by atoms with Crippen LogP contribution in [0.2, 0.25) is 0 Å². The SMILES string of the molecule is C.C.C.C.C.C.C.C.COc1ccc(/C=N/N(C)[P+](=S)Oc2ccc(C(NCc3ccccc3)P(=O)(OC)OC)cc2)cc1. The number of hydrogen-bond donors (Lipinski definition) is 1. The third-order valence-electron chi connectivity index (χ3n) is 5.27. The summed E-state index contributed by atoms with van der Waals surface area (Å²) < 4.78 is 36.5. The first kappa shape index (κ1) is 53.9. The summed E-state index contributed by atoms with van der Waals surface area (Å²) in [6, 6.07) is 24.6. The number of ether oxygens (including phenoxy) is 1. The minimum Gasteiger partial charge on any atom is -0.497 e. The van der Waals surface area contributed by atoms with Gasteiger partial charge in [-0.25, -0.2) is 0 Å². The largest absolute Gasteiger partial charge is 0.540 e. The Morgan fingerprint density at radius 1 is 0.818 bits per heavy atom. The van der Waals surface area contributed by atoms with Crippen LogP contribution in [0.3, 0.4) is 0 Å². The van der Waals surface area contributed by atoms with Gasteiger partial charge in [0, 0.05) is 20.8 Å². The summed E-state index contributed by atoms with van der Waals surface area (Å²) in [5, 5.41) is 7.69. The Bertz CT molecular complexity index is 1190. The van der Waals surface area contributed by atoms with Gasteiger partial charge in [-0.2, -0.15) is 0 Å². The van der Waals surface area contributed by atoms with Gasteiger partial charge in [0.15, 0.2) is 5.75 Å². The molecule has 11 heteroatoms. The summed E-state index contributed by atoms with van der Waals surface area (Å²) in [6.07, 6.45) is 1.71. The molecule has 0 amide bonds. The molecule has 0 aliphatic carbocycles. The Labute approximate surface area is 277 Å². The third-order valence-corrected chi connectivity index (χ3v) is 9.28. The van der Waals surface area contributed by atoms with Crippen molar-refractivity contribution < 1.29 is 22.9 Å². The molecular weight excluding hydrogens is 612 g/mol. The molecule has 0 spiro atoms. The first-order valence-corrected chi connectivity index (χ1v) is 14.9. The van der Waals surface area contributed by atoms with Gasteiger partial charge in [0.2, 0.25) is 11.8 Å². The molecule has 0 bridgehead atoms. The molecule has 1 N–H and O–H groups in total. The molecule has 0 radical (unpaired) electrons. The van der Waals surface area contributed by atoms with Crippen molar-refractivity contribution in [1.29, 1.82) is 0 Å². The van der Waals surface area contributed by atoms with Crippen LogP contribution in [0.1, 0.15) is 81.9 Å². The van der Waals surface area contributed by atoms with Crippen molar-refractivity contribution in [3.63, 3.8) is 0 Å². The number of hydrazone groups is 1. The molecule has 0 heterocycles. The van der Waals surface area contributed by atoms with Gasteiger partial charge in [-0.05, 0) is 53.1 Å². The van der Waals surface area contributed by atoms with Crippen LogP contribution in [-0.4, -0.2) is 39.4 Å². The molecule has 2 atom stereocenters. The number of nitrogens with zero attached hydrogens (tertiary/aromatic N) is 2. The van der Waals surface area contributed by atoms with E-state index in [0.717, 1.165) is 22.4 Å². The van der Waals surface area contributed by atoms with E-state index in [4.69, 9.17) is 30.1 Å². The zero-order chi connectivity index (χ0) is 26.0. The maximum Gasteiger partial charge on any atom is 0.540 e. The van der Waals surface area contributed by atoms with Gasteiger partial charge in [0.1, 0.15) is 11.5 Å². The highest BCUT2D eigenvalue weighted by Crippen LogP contribution is 2.58. The molecular formula is C33H62N3O5P2S+. The summed E-state index contributed by atoms with van der Waals surface area (Å²) in [5.41, 5.74) is 2.71. The van der Waals surface area contributed by atoms with E-state index >= 15 is 0 Å². The maximum atomic E-state index is 13.3. The normalized spacial score (nSPS) is 10.5. The highest BCUT2D eigenvalue weighted by Gasteiger charge is 2.35. The number of hydrogen-bond acceptors (Lipinski definition) is 8. The van der Waals surface area contributed by atoms with E-state index in [-0.39, 0.29) is 59.4 Å². The lowest BCUT2D eigenvalue weighted by atomic mass is 10.2. The number of methoxy groups -OCH3 is 1. The Kier molecular flexibility index (Phi) is 32.7. The van der Waals surface area contributed by atoms with Crippen LogP contribution in [-0.2, 0) is 32.0 Å². The van der Waals surface area contributed by atoms with E-state index < -0.39 is 20.5 Å². The lowest BCUT2D eigenvalue weighted by molar-refractivity contribution is 0.259. The number of nitrogens with one attached hydrogen (secondary N) is 1. The van der Waals surface area contributed by atoms with Gasteiger partial charge in [-0.3, -0.25) is 14.4 Å². The first-order valence-electron chi connectivity index (χ1n) is 11.0. The van der Waals surface area contributed by atoms with E-state index in [1.807, 2.05) is 66.7 Å². The van der Waals surface area contributed by atoms with Crippen molar-refractivity contribution in [2.45, 2.75) is 71.7 Å². The zero-order valence-corrected chi connectivity index (χ0v) is 23.2. The fourth-order valence-corrected chi connectivity index (χ4v) is 5.61. The van der Waals surface area contributed by atoms with Gasteiger partial charge >= 0.3 is 14.7 Å². The van der Waals surface area contributed by atoms with Crippen molar-refractivity contribution in [2.75, 3.05) is 28.4 Å². The average molecular weight is 675 g/mol. The third kappa shape index (κ3) is 15.4. The summed E-state index contributed by atoms with van der Waals surface area (Å²) >= 11 is 5.51. The van der Waals surface area contributed by atoms with E-state index in [9.17, 15) is 4.57 Å². The molecule has 0 aliphatic heterocycles. The van der Waals surface area contributed by atoms with Crippen molar-refractivity contribution >= 4 is 32.7 Å². The molecule has 254 valence electrons. The van der Waals surface area contributed by atoms with Crippen LogP contribution in [0.5, 0.6) is 11.5 Å². The van der Waals surface area contributed by atoms with Crippen molar-refractivity contribution in [2.24, 2.45) is 5.10 Å². The minimum atomic E-state index is -3.46. The number of rotatable bonds is 13. The lowest BCUT2D eigenvalue weighted by Gasteiger charge is -2.26. The van der Waals surface area contributed by atoms with Crippen molar-refractivity contribution in [3.8, 4) is 11.5 Å². The Hall–Kier alpha value is -2.64. The van der Waals surface area contributed by atoms with Gasteiger partial charge in [-0.15, -0.1) is 5.10 Å². The van der Waals surface area contributed by atoms with E-state index in [2.05, 4.69) is 10.4 Å². The van der Waals surface area contributed by atoms with Crippen LogP contribution in [0.4, 0.5) is 0 Å². The molecule has 3 aromatic carbocycles. The predicted molar refractivity (Wildman–Crippen MR) is 201 cm³/mol. The summed E-state index contributed by atoms with van der Waals surface area (Å²) in [7, 11) is 1.26. The average Bonchev–Trinajstić information content (AvgIpc) is 2.93. The molecule has 0 aliphatic rings. The van der Waals surface area contributed by atoms with Crippen molar-refractivity contribution in [1.82, 2.24) is 10.1 Å². The smallest absolute Gasteiger partial charge is 0.497 e. The summed E-state index contributed by atoms with van der Waals surface area (Å²) in [5.74, 6) is 0.698. The standard InChI is InChI=1S/C25H30N3O5P2S.8CH4/c1-28(27-19-21-10-14-23(30-2)15-11-21)34(36)33-24-16-12-22(13-17-24)25(35(29,31-3)32-4)26-18-20-8-6-5-7-9-20;;;;;;;;/h5-17,19,25-26H,18H2,1-4H3;8*1H4/q+1;;;;;;;;/b27-19+;;;;;;;;. The molecule has 0 aromatic heterocycles. The van der Waals surface area contributed by atoms with E-state index in [0.29, 0.717) is 12.3 Å². The van der Waals surface area contributed by atoms with Gasteiger partial charge in [0.05, 0.1) is 20.4 Å². The van der Waals surface area contributed by atoms with E-state index in [1.165, 1.54) is 14.2 Å². The van der Waals surface area contributed by atoms with Crippen LogP contribution >= 0.6 is 14.7 Å². The molecule has 8 nitrogen and oxygen atoms in total. The molecule has 0 saturated heterocycles. The van der Waals surface area contributed by atoms with Crippen LogP contribution in [0, 0.1) is 0 Å².